The fraction of sp³-hybridized carbons (Fsp3) is 0.692. The largest absolute Gasteiger partial charge is 0.236 e. The van der Waals surface area contributed by atoms with Crippen LogP contribution in [0.5, 0.6) is 0 Å². The van der Waals surface area contributed by atoms with Crippen LogP contribution < -0.4 is 0 Å². The van der Waals surface area contributed by atoms with Crippen LogP contribution in [-0.2, 0) is 6.42 Å². The van der Waals surface area contributed by atoms with Gasteiger partial charge in [-0.15, -0.1) is 0 Å². The van der Waals surface area contributed by atoms with E-state index in [1.54, 1.807) is 0 Å². The summed E-state index contributed by atoms with van der Waals surface area (Å²) in [4.78, 5) is 9.06. The quantitative estimate of drug-likeness (QED) is 0.739. The molecule has 1 saturated carbocycles. The van der Waals surface area contributed by atoms with Gasteiger partial charge in [-0.1, -0.05) is 37.8 Å². The Labute approximate surface area is 116 Å². The molecule has 0 aliphatic heterocycles. The average molecular weight is 318 g/mol. The highest BCUT2D eigenvalue weighted by atomic mass is 79.9. The van der Waals surface area contributed by atoms with Gasteiger partial charge in [0.2, 0.25) is 0 Å². The van der Waals surface area contributed by atoms with Crippen LogP contribution in [0.4, 0.5) is 0 Å². The van der Waals surface area contributed by atoms with Gasteiger partial charge in [0.1, 0.15) is 11.0 Å². The molecule has 0 bridgehead atoms. The molecule has 0 radical (unpaired) electrons. The van der Waals surface area contributed by atoms with Gasteiger partial charge in [0.15, 0.2) is 0 Å². The molecule has 1 heterocycles. The number of hydrogen-bond donors (Lipinski definition) is 0. The van der Waals surface area contributed by atoms with Gasteiger partial charge in [-0.2, -0.15) is 0 Å². The summed E-state index contributed by atoms with van der Waals surface area (Å²) < 4.78 is 0.909. The zero-order valence-electron chi connectivity index (χ0n) is 10.2. The minimum Gasteiger partial charge on any atom is -0.236 e. The van der Waals surface area contributed by atoms with Crippen LogP contribution >= 0.6 is 27.5 Å². The Kier molecular flexibility index (Phi) is 4.80. The third-order valence-electron chi connectivity index (χ3n) is 3.38. The van der Waals surface area contributed by atoms with E-state index in [0.717, 1.165) is 35.3 Å². The molecule has 0 unspecified atom stereocenters. The molecule has 94 valence electrons. The van der Waals surface area contributed by atoms with E-state index >= 15 is 0 Å². The average Bonchev–Trinajstić information content (AvgIpc) is 2.84. The molecule has 2 nitrogen and oxygen atoms in total. The number of aryl methyl sites for hydroxylation is 1. The van der Waals surface area contributed by atoms with Crippen molar-refractivity contribution in [1.29, 1.82) is 0 Å². The highest BCUT2D eigenvalue weighted by Gasteiger charge is 2.23. The van der Waals surface area contributed by atoms with Crippen molar-refractivity contribution in [3.05, 3.63) is 21.1 Å². The van der Waals surface area contributed by atoms with E-state index in [1.165, 1.54) is 25.7 Å². The second-order valence-electron chi connectivity index (χ2n) is 4.71. The Morgan fingerprint density at radius 2 is 2.00 bits per heavy atom. The molecule has 1 aromatic heterocycles. The molecule has 0 amide bonds. The van der Waals surface area contributed by atoms with Crippen LogP contribution in [0.25, 0.3) is 0 Å². The second kappa shape index (κ2) is 6.14. The molecule has 1 aliphatic carbocycles. The molecule has 0 N–H and O–H groups in total. The fourth-order valence-electron chi connectivity index (χ4n) is 2.40. The number of nitrogens with zero attached hydrogens (tertiary/aromatic N) is 2. The van der Waals surface area contributed by atoms with Gasteiger partial charge < -0.3 is 0 Å². The summed E-state index contributed by atoms with van der Waals surface area (Å²) in [7, 11) is 0. The van der Waals surface area contributed by atoms with Crippen LogP contribution in [-0.4, -0.2) is 9.97 Å². The van der Waals surface area contributed by atoms with Gasteiger partial charge in [-0.25, -0.2) is 9.97 Å². The molecule has 1 aromatic rings. The van der Waals surface area contributed by atoms with Crippen LogP contribution in [0.3, 0.4) is 0 Å². The maximum Gasteiger partial charge on any atom is 0.147 e. The van der Waals surface area contributed by atoms with Gasteiger partial charge in [0.05, 0.1) is 10.2 Å². The molecule has 1 aliphatic rings. The summed E-state index contributed by atoms with van der Waals surface area (Å²) in [6, 6.07) is 0. The van der Waals surface area contributed by atoms with Crippen molar-refractivity contribution >= 4 is 27.5 Å². The van der Waals surface area contributed by atoms with Crippen LogP contribution in [0, 0.1) is 0 Å². The molecule has 0 saturated heterocycles. The van der Waals surface area contributed by atoms with Crippen LogP contribution in [0.2, 0.25) is 5.15 Å². The minimum absolute atomic E-state index is 0.574. The number of aromatic nitrogens is 2. The molecule has 17 heavy (non-hydrogen) atoms. The lowest BCUT2D eigenvalue weighted by Gasteiger charge is -2.13. The zero-order valence-corrected chi connectivity index (χ0v) is 12.5. The Morgan fingerprint density at radius 3 is 2.65 bits per heavy atom. The first-order valence-electron chi connectivity index (χ1n) is 6.44. The molecule has 2 rings (SSSR count). The Bertz CT molecular complexity index is 389. The second-order valence-corrected chi connectivity index (χ2v) is 5.87. The molecule has 4 heteroatoms. The van der Waals surface area contributed by atoms with Crippen molar-refractivity contribution in [2.24, 2.45) is 0 Å². The van der Waals surface area contributed by atoms with E-state index in [-0.39, 0.29) is 0 Å². The van der Waals surface area contributed by atoms with Gasteiger partial charge in [-0.05, 0) is 35.2 Å². The zero-order chi connectivity index (χ0) is 12.3. The normalized spacial score (nSPS) is 16.6. The van der Waals surface area contributed by atoms with Crippen molar-refractivity contribution in [3.8, 4) is 0 Å². The Morgan fingerprint density at radius 1 is 1.29 bits per heavy atom. The van der Waals surface area contributed by atoms with E-state index in [9.17, 15) is 0 Å². The van der Waals surface area contributed by atoms with Crippen molar-refractivity contribution in [2.45, 2.75) is 57.8 Å². The maximum absolute atomic E-state index is 6.18. The standard InChI is InChI=1S/C13H18BrClN2/c1-2-3-8-10-16-12(9-6-4-5-7-9)11(14)13(15)17-10/h9H,2-8H2,1H3. The molecule has 0 aromatic carbocycles. The van der Waals surface area contributed by atoms with Crippen molar-refractivity contribution in [1.82, 2.24) is 9.97 Å². The monoisotopic (exact) mass is 316 g/mol. The van der Waals surface area contributed by atoms with Gasteiger partial charge in [0, 0.05) is 12.3 Å². The lowest BCUT2D eigenvalue weighted by Crippen LogP contribution is -2.05. The minimum atomic E-state index is 0.574. The lowest BCUT2D eigenvalue weighted by atomic mass is 10.0. The van der Waals surface area contributed by atoms with Gasteiger partial charge in [0.25, 0.3) is 0 Å². The van der Waals surface area contributed by atoms with E-state index in [1.807, 2.05) is 0 Å². The van der Waals surface area contributed by atoms with Gasteiger partial charge in [-0.3, -0.25) is 0 Å². The summed E-state index contributed by atoms with van der Waals surface area (Å²) in [5, 5.41) is 0.577. The first kappa shape index (κ1) is 13.3. The SMILES string of the molecule is CCCCc1nc(Cl)c(Br)c(C2CCCC2)n1. The predicted octanol–water partition coefficient (Wildman–Crippen LogP) is 4.89. The Balaban J connectivity index is 2.25. The smallest absolute Gasteiger partial charge is 0.147 e. The number of unbranched alkanes of at least 4 members (excludes halogenated alkanes) is 1. The van der Waals surface area contributed by atoms with Crippen molar-refractivity contribution < 1.29 is 0 Å². The first-order valence-corrected chi connectivity index (χ1v) is 7.61. The summed E-state index contributed by atoms with van der Waals surface area (Å²) in [6.45, 7) is 2.18. The lowest BCUT2D eigenvalue weighted by molar-refractivity contribution is 0.668. The van der Waals surface area contributed by atoms with Crippen LogP contribution in [0.15, 0.2) is 4.47 Å². The van der Waals surface area contributed by atoms with E-state index in [4.69, 9.17) is 16.6 Å². The van der Waals surface area contributed by atoms with E-state index in [0.29, 0.717) is 11.1 Å². The maximum atomic E-state index is 6.18. The topological polar surface area (TPSA) is 25.8 Å². The first-order chi connectivity index (χ1) is 8.22. The number of rotatable bonds is 4. The van der Waals surface area contributed by atoms with Crippen molar-refractivity contribution in [2.75, 3.05) is 0 Å². The molecule has 0 spiro atoms. The highest BCUT2D eigenvalue weighted by molar-refractivity contribution is 9.10. The molecule has 1 fully saturated rings. The molecular weight excluding hydrogens is 300 g/mol. The molecular formula is C13H18BrClN2. The highest BCUT2D eigenvalue weighted by Crippen LogP contribution is 2.38. The summed E-state index contributed by atoms with van der Waals surface area (Å²) >= 11 is 9.71. The third-order valence-corrected chi connectivity index (χ3v) is 4.66. The third kappa shape index (κ3) is 3.19. The summed E-state index contributed by atoms with van der Waals surface area (Å²) in [5.41, 5.74) is 1.13. The van der Waals surface area contributed by atoms with Crippen molar-refractivity contribution in [3.63, 3.8) is 0 Å². The predicted molar refractivity (Wildman–Crippen MR) is 74.6 cm³/mol. The Hall–Kier alpha value is -0.150. The van der Waals surface area contributed by atoms with Gasteiger partial charge >= 0.3 is 0 Å². The van der Waals surface area contributed by atoms with E-state index in [2.05, 4.69) is 27.8 Å². The fourth-order valence-corrected chi connectivity index (χ4v) is 3.09. The van der Waals surface area contributed by atoms with Crippen LogP contribution in [0.1, 0.15) is 62.9 Å². The number of hydrogen-bond acceptors (Lipinski definition) is 2. The summed E-state index contributed by atoms with van der Waals surface area (Å²) in [6.07, 6.45) is 8.31. The van der Waals surface area contributed by atoms with E-state index < -0.39 is 0 Å². The summed E-state index contributed by atoms with van der Waals surface area (Å²) in [5.74, 6) is 1.48. The number of halogens is 2. The molecule has 0 atom stereocenters.